The van der Waals surface area contributed by atoms with Crippen molar-refractivity contribution in [2.24, 2.45) is 5.16 Å². The van der Waals surface area contributed by atoms with Gasteiger partial charge >= 0.3 is 0 Å². The number of hydrogen-bond acceptors (Lipinski definition) is 3. The molecule has 0 atom stereocenters. The van der Waals surface area contributed by atoms with Gasteiger partial charge in [0.2, 0.25) is 0 Å². The Hall–Kier alpha value is -1.32. The van der Waals surface area contributed by atoms with E-state index in [4.69, 9.17) is 0 Å². The van der Waals surface area contributed by atoms with Gasteiger partial charge in [-0.3, -0.25) is 5.10 Å². The molecule has 0 aromatic carbocycles. The Morgan fingerprint density at radius 1 is 1.50 bits per heavy atom. The highest BCUT2D eigenvalue weighted by atomic mass is 16.6. The van der Waals surface area contributed by atoms with Gasteiger partial charge in [-0.25, -0.2) is 0 Å². The molecule has 0 aliphatic carbocycles. The second-order valence-corrected chi connectivity index (χ2v) is 1.68. The second-order valence-electron chi connectivity index (χ2n) is 1.68. The summed E-state index contributed by atoms with van der Waals surface area (Å²) >= 11 is 0. The van der Waals surface area contributed by atoms with Crippen molar-refractivity contribution in [1.82, 2.24) is 10.2 Å². The molecule has 1 aliphatic heterocycles. The van der Waals surface area contributed by atoms with Crippen LogP contribution in [-0.2, 0) is 4.84 Å². The quantitative estimate of drug-likeness (QED) is 0.578. The van der Waals surface area contributed by atoms with Crippen molar-refractivity contribution in [2.75, 3.05) is 6.61 Å². The molecular weight excluding hydrogens is 130 g/mol. The summed E-state index contributed by atoms with van der Waals surface area (Å²) in [6.45, 7) is 0.778. The molecule has 0 spiro atoms. The first-order valence-corrected chi connectivity index (χ1v) is 3.07. The number of hydrogen-bond donors (Lipinski definition) is 1. The third-order valence-corrected chi connectivity index (χ3v) is 0.893. The number of aromatic nitrogens is 2. The Morgan fingerprint density at radius 3 is 2.70 bits per heavy atom. The molecule has 0 amide bonds. The Kier molecular flexibility index (Phi) is 3.09. The molecule has 0 bridgehead atoms. The van der Waals surface area contributed by atoms with E-state index in [2.05, 4.69) is 20.2 Å². The predicted octanol–water partition coefficient (Wildman–Crippen LogP) is 0.802. The standard InChI is InChI=1S/C3H4N2.C3H5NO/c2*1-2-4-5-3-1/h1-3H,(H,4,5);2H,1,3H2. The average Bonchev–Trinajstić information content (AvgIpc) is 2.67. The fourth-order valence-corrected chi connectivity index (χ4v) is 0.479. The maximum absolute atomic E-state index is 4.51. The van der Waals surface area contributed by atoms with Crippen LogP contribution in [0.4, 0.5) is 0 Å². The zero-order valence-electron chi connectivity index (χ0n) is 5.53. The average molecular weight is 139 g/mol. The van der Waals surface area contributed by atoms with Crippen molar-refractivity contribution < 1.29 is 4.84 Å². The summed E-state index contributed by atoms with van der Waals surface area (Å²) in [6, 6.07) is 1.83. The highest BCUT2D eigenvalue weighted by Crippen LogP contribution is 1.86. The van der Waals surface area contributed by atoms with E-state index in [1.54, 1.807) is 18.6 Å². The first-order chi connectivity index (χ1) is 5.00. The van der Waals surface area contributed by atoms with E-state index in [1.165, 1.54) is 0 Å². The molecular formula is C6H9N3O. The van der Waals surface area contributed by atoms with Crippen LogP contribution in [-0.4, -0.2) is 23.0 Å². The van der Waals surface area contributed by atoms with Crippen molar-refractivity contribution in [3.05, 3.63) is 18.5 Å². The lowest BCUT2D eigenvalue weighted by atomic mass is 10.5. The number of aromatic amines is 1. The maximum atomic E-state index is 4.51. The molecule has 2 rings (SSSR count). The lowest BCUT2D eigenvalue weighted by molar-refractivity contribution is 0.174. The van der Waals surface area contributed by atoms with Crippen LogP contribution in [0.2, 0.25) is 0 Å². The second kappa shape index (κ2) is 4.55. The van der Waals surface area contributed by atoms with Crippen LogP contribution >= 0.6 is 0 Å². The number of rotatable bonds is 0. The highest BCUT2D eigenvalue weighted by Gasteiger charge is 1.86. The van der Waals surface area contributed by atoms with E-state index in [0.29, 0.717) is 0 Å². The molecule has 1 aromatic rings. The van der Waals surface area contributed by atoms with Gasteiger partial charge < -0.3 is 4.84 Å². The van der Waals surface area contributed by atoms with Gasteiger partial charge in [-0.05, 0) is 6.07 Å². The normalized spacial score (nSPS) is 13.6. The fourth-order valence-electron chi connectivity index (χ4n) is 0.479. The fraction of sp³-hybridized carbons (Fsp3) is 0.333. The van der Waals surface area contributed by atoms with E-state index in [1.807, 2.05) is 6.07 Å². The van der Waals surface area contributed by atoms with E-state index in [9.17, 15) is 0 Å². The summed E-state index contributed by atoms with van der Waals surface area (Å²) in [7, 11) is 0. The third-order valence-electron chi connectivity index (χ3n) is 0.893. The molecule has 0 saturated carbocycles. The highest BCUT2D eigenvalue weighted by molar-refractivity contribution is 5.57. The minimum atomic E-state index is 0.778. The molecule has 0 unspecified atom stereocenters. The molecule has 0 saturated heterocycles. The largest absolute Gasteiger partial charge is 0.396 e. The van der Waals surface area contributed by atoms with E-state index in [0.717, 1.165) is 13.0 Å². The number of oxime groups is 1. The van der Waals surface area contributed by atoms with Crippen LogP contribution in [0.25, 0.3) is 0 Å². The molecule has 0 fully saturated rings. The van der Waals surface area contributed by atoms with Gasteiger partial charge in [0.25, 0.3) is 0 Å². The topological polar surface area (TPSA) is 50.3 Å². The van der Waals surface area contributed by atoms with Crippen LogP contribution in [0.1, 0.15) is 6.42 Å². The van der Waals surface area contributed by atoms with Gasteiger partial charge in [-0.15, -0.1) is 0 Å². The predicted molar refractivity (Wildman–Crippen MR) is 37.6 cm³/mol. The zero-order valence-corrected chi connectivity index (χ0v) is 5.53. The molecule has 4 nitrogen and oxygen atoms in total. The smallest absolute Gasteiger partial charge is 0.122 e. The molecule has 1 aromatic heterocycles. The Balaban J connectivity index is 0.0000001000. The van der Waals surface area contributed by atoms with Crippen molar-refractivity contribution in [3.8, 4) is 0 Å². The summed E-state index contributed by atoms with van der Waals surface area (Å²) in [5, 5.41) is 9.67. The van der Waals surface area contributed by atoms with Gasteiger partial charge in [0.15, 0.2) is 0 Å². The number of nitrogens with one attached hydrogen (secondary N) is 1. The molecule has 2 heterocycles. The monoisotopic (exact) mass is 139 g/mol. The lowest BCUT2D eigenvalue weighted by Crippen LogP contribution is -1.72. The summed E-state index contributed by atoms with van der Waals surface area (Å²) in [6.07, 6.45) is 6.21. The van der Waals surface area contributed by atoms with E-state index >= 15 is 0 Å². The molecule has 54 valence electrons. The van der Waals surface area contributed by atoms with Crippen LogP contribution in [0, 0.1) is 0 Å². The van der Waals surface area contributed by atoms with Gasteiger partial charge in [0.05, 0.1) is 0 Å². The molecule has 4 heteroatoms. The summed E-state index contributed by atoms with van der Waals surface area (Å²) in [5.41, 5.74) is 0. The first-order valence-electron chi connectivity index (χ1n) is 3.07. The molecule has 0 radical (unpaired) electrons. The number of nitrogens with zero attached hydrogens (tertiary/aromatic N) is 2. The Labute approximate surface area is 58.9 Å². The molecule has 10 heavy (non-hydrogen) atoms. The van der Waals surface area contributed by atoms with Crippen LogP contribution < -0.4 is 0 Å². The molecule has 1 aliphatic rings. The SMILES string of the molecule is C1=NOCC1.c1cn[nH]c1. The van der Waals surface area contributed by atoms with E-state index in [-0.39, 0.29) is 0 Å². The minimum Gasteiger partial charge on any atom is -0.396 e. The summed E-state index contributed by atoms with van der Waals surface area (Å²) in [5.74, 6) is 0. The van der Waals surface area contributed by atoms with Crippen molar-refractivity contribution in [3.63, 3.8) is 0 Å². The van der Waals surface area contributed by atoms with Crippen molar-refractivity contribution in [2.45, 2.75) is 6.42 Å². The van der Waals surface area contributed by atoms with Crippen LogP contribution in [0.15, 0.2) is 23.6 Å². The minimum absolute atomic E-state index is 0.778. The lowest BCUT2D eigenvalue weighted by Gasteiger charge is -1.76. The van der Waals surface area contributed by atoms with Gasteiger partial charge in [-0.1, -0.05) is 5.16 Å². The summed E-state index contributed by atoms with van der Waals surface area (Å²) in [4.78, 5) is 4.51. The van der Waals surface area contributed by atoms with Crippen LogP contribution in [0.5, 0.6) is 0 Å². The maximum Gasteiger partial charge on any atom is 0.122 e. The van der Waals surface area contributed by atoms with E-state index < -0.39 is 0 Å². The van der Waals surface area contributed by atoms with Gasteiger partial charge in [-0.2, -0.15) is 5.10 Å². The van der Waals surface area contributed by atoms with Gasteiger partial charge in [0.1, 0.15) is 6.61 Å². The van der Waals surface area contributed by atoms with Crippen molar-refractivity contribution >= 4 is 6.21 Å². The van der Waals surface area contributed by atoms with Gasteiger partial charge in [0, 0.05) is 25.0 Å². The Bertz CT molecular complexity index is 148. The zero-order chi connectivity index (χ0) is 7.07. The van der Waals surface area contributed by atoms with Crippen molar-refractivity contribution in [1.29, 1.82) is 0 Å². The molecule has 1 N–H and O–H groups in total. The van der Waals surface area contributed by atoms with Crippen LogP contribution in [0.3, 0.4) is 0 Å². The summed E-state index contributed by atoms with van der Waals surface area (Å²) < 4.78 is 0. The number of H-pyrrole nitrogens is 1. The third kappa shape index (κ3) is 2.86. The Morgan fingerprint density at radius 2 is 2.50 bits per heavy atom. The first kappa shape index (κ1) is 6.80.